The van der Waals surface area contributed by atoms with Gasteiger partial charge in [0, 0.05) is 23.9 Å². The second-order valence-electron chi connectivity index (χ2n) is 7.15. The molecular weight excluding hydrogens is 322 g/mol. The van der Waals surface area contributed by atoms with Gasteiger partial charge in [-0.3, -0.25) is 4.79 Å². The molecule has 0 saturated carbocycles. The van der Waals surface area contributed by atoms with E-state index in [0.29, 0.717) is 5.82 Å². The van der Waals surface area contributed by atoms with Crippen molar-refractivity contribution in [3.63, 3.8) is 0 Å². The molecule has 0 aromatic carbocycles. The number of piperidine rings is 1. The molecule has 2 aliphatic rings. The van der Waals surface area contributed by atoms with Crippen molar-refractivity contribution in [1.82, 2.24) is 15.0 Å². The zero-order valence-electron chi connectivity index (χ0n) is 14.2. The molecule has 1 aliphatic heterocycles. The summed E-state index contributed by atoms with van der Waals surface area (Å²) >= 11 is 1.71. The normalized spacial score (nSPS) is 21.8. The van der Waals surface area contributed by atoms with Crippen LogP contribution in [0.3, 0.4) is 0 Å². The zero-order valence-corrected chi connectivity index (χ0v) is 15.1. The molecule has 24 heavy (non-hydrogen) atoms. The van der Waals surface area contributed by atoms with Gasteiger partial charge in [-0.1, -0.05) is 12.1 Å². The van der Waals surface area contributed by atoms with Crippen molar-refractivity contribution in [1.29, 1.82) is 0 Å². The van der Waals surface area contributed by atoms with Crippen LogP contribution in [0.4, 0.5) is 0 Å². The highest BCUT2D eigenvalue weighted by molar-refractivity contribution is 7.14. The number of thiophene rings is 1. The van der Waals surface area contributed by atoms with E-state index in [1.807, 2.05) is 11.8 Å². The van der Waals surface area contributed by atoms with Crippen molar-refractivity contribution in [2.24, 2.45) is 5.92 Å². The minimum absolute atomic E-state index is 0.196. The summed E-state index contributed by atoms with van der Waals surface area (Å²) in [7, 11) is 0. The molecule has 0 spiro atoms. The maximum absolute atomic E-state index is 12.8. The number of hydrogen-bond donors (Lipinski definition) is 0. The first-order valence-corrected chi connectivity index (χ1v) is 9.63. The number of carbonyl (C=O) groups is 1. The minimum atomic E-state index is 0.196. The maximum atomic E-state index is 12.8. The molecule has 3 heterocycles. The van der Waals surface area contributed by atoms with Crippen LogP contribution in [-0.4, -0.2) is 34.0 Å². The Morgan fingerprint density at radius 3 is 2.83 bits per heavy atom. The van der Waals surface area contributed by atoms with E-state index >= 15 is 0 Å². The van der Waals surface area contributed by atoms with Crippen molar-refractivity contribution >= 4 is 17.2 Å². The van der Waals surface area contributed by atoms with Gasteiger partial charge >= 0.3 is 0 Å². The Hall–Kier alpha value is -1.69. The second kappa shape index (κ2) is 6.31. The summed E-state index contributed by atoms with van der Waals surface area (Å²) in [5, 5.41) is 3.87. The topological polar surface area (TPSA) is 59.2 Å². The number of fused-ring (bicyclic) bond motifs is 1. The van der Waals surface area contributed by atoms with E-state index in [9.17, 15) is 4.79 Å². The molecule has 1 atom stereocenters. The Kier molecular flexibility index (Phi) is 4.16. The fraction of sp³-hybridized carbons (Fsp3) is 0.611. The highest BCUT2D eigenvalue weighted by Crippen LogP contribution is 2.34. The number of rotatable bonds is 2. The summed E-state index contributed by atoms with van der Waals surface area (Å²) in [6, 6.07) is 2.14. The highest BCUT2D eigenvalue weighted by atomic mass is 32.1. The number of aryl methyl sites for hydroxylation is 2. The Labute approximate surface area is 146 Å². The maximum Gasteiger partial charge on any atom is 0.263 e. The first-order chi connectivity index (χ1) is 11.6. The zero-order chi connectivity index (χ0) is 16.7. The Morgan fingerprint density at radius 1 is 1.33 bits per heavy atom. The van der Waals surface area contributed by atoms with Crippen LogP contribution < -0.4 is 0 Å². The number of amides is 1. The molecule has 2 aromatic heterocycles. The molecule has 0 unspecified atom stereocenters. The third-order valence-electron chi connectivity index (χ3n) is 5.21. The van der Waals surface area contributed by atoms with Gasteiger partial charge in [-0.25, -0.2) is 0 Å². The fourth-order valence-corrected chi connectivity index (χ4v) is 4.95. The molecule has 4 rings (SSSR count). The van der Waals surface area contributed by atoms with Gasteiger partial charge in [0.2, 0.25) is 5.89 Å². The van der Waals surface area contributed by atoms with Gasteiger partial charge in [-0.2, -0.15) is 4.98 Å². The molecule has 1 aliphatic carbocycles. The molecule has 1 fully saturated rings. The van der Waals surface area contributed by atoms with Crippen molar-refractivity contribution in [3.8, 4) is 0 Å². The number of likely N-dealkylation sites (tertiary alicyclic amines) is 1. The van der Waals surface area contributed by atoms with Gasteiger partial charge in [0.1, 0.15) is 0 Å². The average molecular weight is 345 g/mol. The summed E-state index contributed by atoms with van der Waals surface area (Å²) in [4.78, 5) is 21.5. The fourth-order valence-electron chi connectivity index (χ4n) is 3.78. The van der Waals surface area contributed by atoms with E-state index in [2.05, 4.69) is 23.1 Å². The molecule has 1 saturated heterocycles. The van der Waals surface area contributed by atoms with Crippen molar-refractivity contribution in [2.75, 3.05) is 13.1 Å². The summed E-state index contributed by atoms with van der Waals surface area (Å²) < 4.78 is 5.29. The molecule has 6 heteroatoms. The molecule has 128 valence electrons. The lowest BCUT2D eigenvalue weighted by molar-refractivity contribution is 0.0709. The Bertz CT molecular complexity index is 743. The van der Waals surface area contributed by atoms with E-state index in [-0.39, 0.29) is 11.8 Å². The first-order valence-electron chi connectivity index (χ1n) is 8.81. The van der Waals surface area contributed by atoms with E-state index in [1.165, 1.54) is 16.9 Å². The standard InChI is InChI=1S/C18H23N3O2S/c1-11-3-4-15-14(9-11)10-16(24-15)18(22)21-7-5-13(6-8-21)17-19-12(2)20-23-17/h10-11,13H,3-9H2,1-2H3/t11-/m1/s1. The first kappa shape index (κ1) is 15.8. The Morgan fingerprint density at radius 2 is 2.12 bits per heavy atom. The number of nitrogens with zero attached hydrogens (tertiary/aromatic N) is 3. The van der Waals surface area contributed by atoms with Crippen LogP contribution in [0.1, 0.15) is 63.9 Å². The number of aromatic nitrogens is 2. The smallest absolute Gasteiger partial charge is 0.263 e. The summed E-state index contributed by atoms with van der Waals surface area (Å²) in [6.07, 6.45) is 5.30. The largest absolute Gasteiger partial charge is 0.339 e. The lowest BCUT2D eigenvalue weighted by Gasteiger charge is -2.30. The van der Waals surface area contributed by atoms with Gasteiger partial charge < -0.3 is 9.42 Å². The molecule has 2 aromatic rings. The van der Waals surface area contributed by atoms with Crippen LogP contribution in [0.5, 0.6) is 0 Å². The molecule has 1 amide bonds. The van der Waals surface area contributed by atoms with Gasteiger partial charge in [0.05, 0.1) is 4.88 Å². The minimum Gasteiger partial charge on any atom is -0.339 e. The van der Waals surface area contributed by atoms with Gasteiger partial charge in [0.15, 0.2) is 5.82 Å². The predicted molar refractivity (Wildman–Crippen MR) is 92.4 cm³/mol. The lowest BCUT2D eigenvalue weighted by atomic mass is 9.90. The van der Waals surface area contributed by atoms with Crippen LogP contribution in [0, 0.1) is 12.8 Å². The highest BCUT2D eigenvalue weighted by Gasteiger charge is 2.29. The molecule has 5 nitrogen and oxygen atoms in total. The molecule has 0 N–H and O–H groups in total. The summed E-state index contributed by atoms with van der Waals surface area (Å²) in [5.74, 6) is 2.63. The van der Waals surface area contributed by atoms with E-state index in [1.54, 1.807) is 11.3 Å². The van der Waals surface area contributed by atoms with Crippen molar-refractivity contribution in [3.05, 3.63) is 33.1 Å². The average Bonchev–Trinajstić information content (AvgIpc) is 3.20. The van der Waals surface area contributed by atoms with Crippen LogP contribution in [0.15, 0.2) is 10.6 Å². The van der Waals surface area contributed by atoms with Gasteiger partial charge in [-0.05, 0) is 56.6 Å². The van der Waals surface area contributed by atoms with Gasteiger partial charge in [-0.15, -0.1) is 11.3 Å². The Balaban J connectivity index is 1.41. The monoisotopic (exact) mass is 345 g/mol. The number of carbonyl (C=O) groups excluding carboxylic acids is 1. The van der Waals surface area contributed by atoms with Crippen LogP contribution in [-0.2, 0) is 12.8 Å². The SMILES string of the molecule is Cc1noc(C2CCN(C(=O)c3cc4c(s3)CC[C@@H](C)C4)CC2)n1. The molecule has 0 bridgehead atoms. The van der Waals surface area contributed by atoms with Gasteiger partial charge in [0.25, 0.3) is 5.91 Å². The van der Waals surface area contributed by atoms with E-state index in [0.717, 1.165) is 55.5 Å². The second-order valence-corrected chi connectivity index (χ2v) is 8.29. The van der Waals surface area contributed by atoms with Crippen LogP contribution >= 0.6 is 11.3 Å². The molecular formula is C18H23N3O2S. The summed E-state index contributed by atoms with van der Waals surface area (Å²) in [6.45, 7) is 5.67. The lowest BCUT2D eigenvalue weighted by Crippen LogP contribution is -2.37. The summed E-state index contributed by atoms with van der Waals surface area (Å²) in [5.41, 5.74) is 1.40. The molecule has 0 radical (unpaired) electrons. The third kappa shape index (κ3) is 2.99. The third-order valence-corrected chi connectivity index (χ3v) is 6.44. The van der Waals surface area contributed by atoms with E-state index in [4.69, 9.17) is 4.52 Å². The van der Waals surface area contributed by atoms with Crippen LogP contribution in [0.25, 0.3) is 0 Å². The number of hydrogen-bond acceptors (Lipinski definition) is 5. The van der Waals surface area contributed by atoms with Crippen molar-refractivity contribution in [2.45, 2.75) is 51.9 Å². The van der Waals surface area contributed by atoms with E-state index < -0.39 is 0 Å². The van der Waals surface area contributed by atoms with Crippen LogP contribution in [0.2, 0.25) is 0 Å². The predicted octanol–water partition coefficient (Wildman–Crippen LogP) is 3.58. The quantitative estimate of drug-likeness (QED) is 0.835. The van der Waals surface area contributed by atoms with Crippen molar-refractivity contribution < 1.29 is 9.32 Å².